The van der Waals surface area contributed by atoms with Crippen molar-refractivity contribution in [3.8, 4) is 0 Å². The molecule has 0 aromatic carbocycles. The van der Waals surface area contributed by atoms with Crippen LogP contribution in [0.15, 0.2) is 24.5 Å². The third-order valence-corrected chi connectivity index (χ3v) is 3.84. The highest BCUT2D eigenvalue weighted by Gasteiger charge is 2.31. The average Bonchev–Trinajstić information content (AvgIpc) is 3.00. The smallest absolute Gasteiger partial charge is 0.313 e. The van der Waals surface area contributed by atoms with Gasteiger partial charge in [0, 0.05) is 6.07 Å². The summed E-state index contributed by atoms with van der Waals surface area (Å²) < 4.78 is 69.2. The average molecular weight is 452 g/mol. The Kier molecular flexibility index (Phi) is 5.98. The maximum absolute atomic E-state index is 12.7. The highest BCUT2D eigenvalue weighted by Crippen LogP contribution is 2.30. The molecule has 15 heteroatoms. The molecular formula is C15H11ClF5N7O2. The van der Waals surface area contributed by atoms with Crippen molar-refractivity contribution in [2.45, 2.75) is 25.8 Å². The van der Waals surface area contributed by atoms with Crippen molar-refractivity contribution in [1.82, 2.24) is 24.8 Å². The Morgan fingerprint density at radius 2 is 1.97 bits per heavy atom. The third kappa shape index (κ3) is 4.88. The number of carbonyl (C=O) groups is 1. The number of rotatable bonds is 5. The second-order valence-electron chi connectivity index (χ2n) is 5.74. The molecule has 0 saturated heterocycles. The van der Waals surface area contributed by atoms with Crippen LogP contribution in [0.3, 0.4) is 0 Å². The fourth-order valence-electron chi connectivity index (χ4n) is 2.48. The molecule has 3 rings (SSSR count). The van der Waals surface area contributed by atoms with Crippen LogP contribution in [0.5, 0.6) is 0 Å². The van der Waals surface area contributed by atoms with E-state index in [1.165, 1.54) is 13.0 Å². The minimum atomic E-state index is -4.69. The molecule has 0 saturated carbocycles. The minimum absolute atomic E-state index is 0.00818. The van der Waals surface area contributed by atoms with Crippen molar-refractivity contribution in [2.75, 3.05) is 10.6 Å². The number of aromatic nitrogens is 5. The zero-order valence-corrected chi connectivity index (χ0v) is 15.5. The second-order valence-corrected chi connectivity index (χ2v) is 6.13. The molecule has 3 aromatic heterocycles. The molecule has 1 atom stereocenters. The number of fused-ring (bicyclic) bond motifs is 1. The first-order valence-corrected chi connectivity index (χ1v) is 8.38. The topological polar surface area (TPSA) is 106 Å². The van der Waals surface area contributed by atoms with Gasteiger partial charge in [0.15, 0.2) is 16.6 Å². The van der Waals surface area contributed by atoms with Gasteiger partial charge in [0.1, 0.15) is 6.10 Å². The van der Waals surface area contributed by atoms with Crippen molar-refractivity contribution in [3.05, 3.63) is 40.9 Å². The highest BCUT2D eigenvalue weighted by atomic mass is 35.5. The lowest BCUT2D eigenvalue weighted by atomic mass is 10.2. The number of nitrogens with one attached hydrogen (secondary N) is 2. The summed E-state index contributed by atoms with van der Waals surface area (Å²) in [6.45, 7) is -1.85. The Hall–Kier alpha value is -3.13. The number of carbonyl (C=O) groups excluding carboxylic acids is 1. The lowest BCUT2D eigenvalue weighted by Gasteiger charge is -2.18. The summed E-state index contributed by atoms with van der Waals surface area (Å²) in [5, 5.41) is 14.8. The molecule has 3 heterocycles. The van der Waals surface area contributed by atoms with Gasteiger partial charge in [0.05, 0.1) is 29.3 Å². The summed E-state index contributed by atoms with van der Waals surface area (Å²) in [6.07, 6.45) is -4.34. The number of hydrogen-bond acceptors (Lipinski definition) is 6. The summed E-state index contributed by atoms with van der Waals surface area (Å²) in [5.74, 6) is -0.489. The van der Waals surface area contributed by atoms with Crippen LogP contribution in [-0.2, 0) is 10.9 Å². The van der Waals surface area contributed by atoms with Gasteiger partial charge in [-0.05, 0) is 13.0 Å². The highest BCUT2D eigenvalue weighted by molar-refractivity contribution is 6.29. The van der Waals surface area contributed by atoms with E-state index in [0.29, 0.717) is 12.3 Å². The van der Waals surface area contributed by atoms with Gasteiger partial charge in [-0.15, -0.1) is 5.10 Å². The first kappa shape index (κ1) is 21.6. The predicted molar refractivity (Wildman–Crippen MR) is 93.2 cm³/mol. The quantitative estimate of drug-likeness (QED) is 0.565. The van der Waals surface area contributed by atoms with Crippen LogP contribution in [0.4, 0.5) is 38.3 Å². The van der Waals surface area contributed by atoms with Crippen LogP contribution in [0.2, 0.25) is 5.15 Å². The Balaban J connectivity index is 1.89. The van der Waals surface area contributed by atoms with Gasteiger partial charge in [-0.3, -0.25) is 5.32 Å². The standard InChI is InChI=1S/C15H11ClF5N7O2/c1-6(30-13(17)18)12-8(5-22-11-3-9(16)27-28(11)12)24-14(29)25-10-2-7(4-23-26-10)15(19,20)21/h2-6,13H,1H3,(H2,24,25,26,29). The SMILES string of the molecule is CC(OC(F)F)c1c(NC(=O)Nc2cc(C(F)(F)F)cnn2)cnc2cc(Cl)nn12. The lowest BCUT2D eigenvalue weighted by molar-refractivity contribution is -0.160. The first-order valence-electron chi connectivity index (χ1n) is 8.00. The van der Waals surface area contributed by atoms with E-state index in [4.69, 9.17) is 11.6 Å². The lowest BCUT2D eigenvalue weighted by Crippen LogP contribution is -2.23. The zero-order valence-electron chi connectivity index (χ0n) is 14.8. The fourth-order valence-corrected chi connectivity index (χ4v) is 2.66. The molecule has 0 aliphatic rings. The van der Waals surface area contributed by atoms with E-state index >= 15 is 0 Å². The molecule has 0 aliphatic heterocycles. The van der Waals surface area contributed by atoms with E-state index in [1.807, 2.05) is 0 Å². The Labute approximate surface area is 169 Å². The van der Waals surface area contributed by atoms with Gasteiger partial charge in [0.25, 0.3) is 0 Å². The van der Waals surface area contributed by atoms with Crippen LogP contribution in [0.25, 0.3) is 5.65 Å². The van der Waals surface area contributed by atoms with Crippen molar-refractivity contribution in [2.24, 2.45) is 0 Å². The Morgan fingerprint density at radius 3 is 2.63 bits per heavy atom. The molecule has 2 N–H and O–H groups in total. The maximum Gasteiger partial charge on any atom is 0.418 e. The van der Waals surface area contributed by atoms with E-state index < -0.39 is 36.3 Å². The number of urea groups is 1. The fraction of sp³-hybridized carbons (Fsp3) is 0.267. The molecule has 0 fully saturated rings. The van der Waals surface area contributed by atoms with E-state index in [-0.39, 0.29) is 22.2 Å². The number of halogens is 6. The van der Waals surface area contributed by atoms with Crippen LogP contribution in [-0.4, -0.2) is 37.4 Å². The molecule has 30 heavy (non-hydrogen) atoms. The van der Waals surface area contributed by atoms with Gasteiger partial charge < -0.3 is 10.1 Å². The molecule has 0 spiro atoms. The van der Waals surface area contributed by atoms with E-state index in [0.717, 1.165) is 10.7 Å². The maximum atomic E-state index is 12.7. The summed E-state index contributed by atoms with van der Waals surface area (Å²) in [7, 11) is 0. The second kappa shape index (κ2) is 8.31. The van der Waals surface area contributed by atoms with Gasteiger partial charge in [-0.1, -0.05) is 11.6 Å². The molecule has 1 unspecified atom stereocenters. The van der Waals surface area contributed by atoms with Crippen molar-refractivity contribution < 1.29 is 31.5 Å². The molecular weight excluding hydrogens is 441 g/mol. The summed E-state index contributed by atoms with van der Waals surface area (Å²) in [6, 6.07) is 0.890. The van der Waals surface area contributed by atoms with Gasteiger partial charge in [0.2, 0.25) is 0 Å². The molecule has 0 aliphatic carbocycles. The Bertz CT molecular complexity index is 1080. The minimum Gasteiger partial charge on any atom is -0.313 e. The molecule has 0 radical (unpaired) electrons. The summed E-state index contributed by atoms with van der Waals surface area (Å²) in [5.41, 5.74) is -1.07. The van der Waals surface area contributed by atoms with Gasteiger partial charge in [-0.2, -0.15) is 32.1 Å². The number of anilines is 2. The number of hydrogen-bond donors (Lipinski definition) is 2. The van der Waals surface area contributed by atoms with Gasteiger partial charge >= 0.3 is 18.8 Å². The monoisotopic (exact) mass is 451 g/mol. The van der Waals surface area contributed by atoms with Crippen LogP contribution >= 0.6 is 11.6 Å². The zero-order chi connectivity index (χ0) is 22.1. The first-order chi connectivity index (χ1) is 14.0. The number of amides is 2. The summed E-state index contributed by atoms with van der Waals surface area (Å²) in [4.78, 5) is 16.2. The van der Waals surface area contributed by atoms with Crippen molar-refractivity contribution in [1.29, 1.82) is 0 Å². The molecule has 2 amide bonds. The number of alkyl halides is 5. The van der Waals surface area contributed by atoms with E-state index in [2.05, 4.69) is 35.7 Å². The van der Waals surface area contributed by atoms with Crippen LogP contribution in [0.1, 0.15) is 24.3 Å². The molecule has 160 valence electrons. The predicted octanol–water partition coefficient (Wildman–Crippen LogP) is 4.14. The van der Waals surface area contributed by atoms with E-state index in [9.17, 15) is 26.7 Å². The number of ether oxygens (including phenoxy) is 1. The van der Waals surface area contributed by atoms with Crippen LogP contribution < -0.4 is 10.6 Å². The summed E-state index contributed by atoms with van der Waals surface area (Å²) >= 11 is 5.81. The largest absolute Gasteiger partial charge is 0.418 e. The van der Waals surface area contributed by atoms with E-state index in [1.54, 1.807) is 0 Å². The molecule has 9 nitrogen and oxygen atoms in total. The number of nitrogens with zero attached hydrogens (tertiary/aromatic N) is 5. The third-order valence-electron chi connectivity index (χ3n) is 3.65. The Morgan fingerprint density at radius 1 is 1.23 bits per heavy atom. The van der Waals surface area contributed by atoms with Crippen LogP contribution in [0, 0.1) is 0 Å². The van der Waals surface area contributed by atoms with Crippen molar-refractivity contribution in [3.63, 3.8) is 0 Å². The normalized spacial score (nSPS) is 12.9. The van der Waals surface area contributed by atoms with Crippen molar-refractivity contribution >= 4 is 34.8 Å². The van der Waals surface area contributed by atoms with Gasteiger partial charge in [-0.25, -0.2) is 14.3 Å². The molecule has 0 bridgehead atoms. The molecule has 3 aromatic rings.